The van der Waals surface area contributed by atoms with Gasteiger partial charge in [0.15, 0.2) is 10.9 Å². The molecule has 0 aliphatic rings. The maximum Gasteiger partial charge on any atom is 0.185 e. The van der Waals surface area contributed by atoms with E-state index in [9.17, 15) is 4.79 Å². The first kappa shape index (κ1) is 13.1. The number of hydrogen-bond acceptors (Lipinski definition) is 5. The standard InChI is InChI=1S/C11H18N2O2S/c1-8(2)15-6-5-13(4)11-12-10(7-16-11)9(3)14/h7-8H,5-6H2,1-4H3. The lowest BCUT2D eigenvalue weighted by molar-refractivity contribution is 0.0846. The van der Waals surface area contributed by atoms with Crippen LogP contribution in [0.5, 0.6) is 0 Å². The average molecular weight is 242 g/mol. The van der Waals surface area contributed by atoms with Gasteiger partial charge in [-0.05, 0) is 13.8 Å². The summed E-state index contributed by atoms with van der Waals surface area (Å²) in [4.78, 5) is 17.3. The number of Topliss-reactive ketones (excluding diaryl/α,β-unsaturated/α-hetero) is 1. The van der Waals surface area contributed by atoms with E-state index >= 15 is 0 Å². The summed E-state index contributed by atoms with van der Waals surface area (Å²) in [5.41, 5.74) is 0.539. The smallest absolute Gasteiger partial charge is 0.185 e. The highest BCUT2D eigenvalue weighted by atomic mass is 32.1. The molecule has 0 fully saturated rings. The second-order valence-electron chi connectivity index (χ2n) is 3.91. The van der Waals surface area contributed by atoms with Gasteiger partial charge in [-0.3, -0.25) is 4.79 Å². The molecule has 4 nitrogen and oxygen atoms in total. The van der Waals surface area contributed by atoms with Gasteiger partial charge in [-0.25, -0.2) is 4.98 Å². The molecule has 0 saturated carbocycles. The van der Waals surface area contributed by atoms with E-state index in [1.54, 1.807) is 5.38 Å². The molecule has 90 valence electrons. The Morgan fingerprint density at radius 3 is 2.81 bits per heavy atom. The van der Waals surface area contributed by atoms with Gasteiger partial charge in [0.05, 0.1) is 12.7 Å². The molecule has 1 rings (SSSR count). The molecular formula is C11H18N2O2S. The Morgan fingerprint density at radius 1 is 1.62 bits per heavy atom. The van der Waals surface area contributed by atoms with Crippen molar-refractivity contribution in [3.63, 3.8) is 0 Å². The summed E-state index contributed by atoms with van der Waals surface area (Å²) in [6.07, 6.45) is 0.248. The molecule has 0 aliphatic heterocycles. The highest BCUT2D eigenvalue weighted by Crippen LogP contribution is 2.19. The predicted molar refractivity (Wildman–Crippen MR) is 66.5 cm³/mol. The molecule has 1 aromatic heterocycles. The summed E-state index contributed by atoms with van der Waals surface area (Å²) in [5.74, 6) is 0.00864. The van der Waals surface area contributed by atoms with Crippen LogP contribution in [-0.4, -0.2) is 37.1 Å². The highest BCUT2D eigenvalue weighted by Gasteiger charge is 2.09. The van der Waals surface area contributed by atoms with Crippen LogP contribution in [0.2, 0.25) is 0 Å². The van der Waals surface area contributed by atoms with Gasteiger partial charge in [-0.1, -0.05) is 0 Å². The number of rotatable bonds is 6. The summed E-state index contributed by atoms with van der Waals surface area (Å²) < 4.78 is 5.46. The quantitative estimate of drug-likeness (QED) is 0.717. The molecule has 0 aromatic carbocycles. The lowest BCUT2D eigenvalue weighted by Crippen LogP contribution is -2.23. The van der Waals surface area contributed by atoms with Gasteiger partial charge in [-0.15, -0.1) is 11.3 Å². The highest BCUT2D eigenvalue weighted by molar-refractivity contribution is 7.13. The zero-order valence-corrected chi connectivity index (χ0v) is 11.0. The third-order valence-electron chi connectivity index (χ3n) is 2.06. The molecule has 0 N–H and O–H groups in total. The van der Waals surface area contributed by atoms with Crippen LogP contribution in [0.4, 0.5) is 5.13 Å². The Bertz CT molecular complexity index is 350. The largest absolute Gasteiger partial charge is 0.377 e. The molecule has 5 heteroatoms. The molecule has 0 unspecified atom stereocenters. The molecule has 0 saturated heterocycles. The van der Waals surface area contributed by atoms with Crippen LogP contribution in [0.15, 0.2) is 5.38 Å². The molecular weight excluding hydrogens is 224 g/mol. The van der Waals surface area contributed by atoms with Gasteiger partial charge >= 0.3 is 0 Å². The van der Waals surface area contributed by atoms with E-state index in [1.165, 1.54) is 18.3 Å². The molecule has 1 heterocycles. The minimum absolute atomic E-state index is 0.00864. The lowest BCUT2D eigenvalue weighted by Gasteiger charge is -2.16. The summed E-state index contributed by atoms with van der Waals surface area (Å²) in [6, 6.07) is 0. The summed E-state index contributed by atoms with van der Waals surface area (Å²) >= 11 is 1.48. The lowest BCUT2D eigenvalue weighted by atomic mass is 10.4. The number of thiazole rings is 1. The van der Waals surface area contributed by atoms with Crippen molar-refractivity contribution in [2.24, 2.45) is 0 Å². The maximum atomic E-state index is 11.1. The molecule has 0 bridgehead atoms. The van der Waals surface area contributed by atoms with Gasteiger partial charge in [0.2, 0.25) is 0 Å². The molecule has 0 spiro atoms. The van der Waals surface area contributed by atoms with Crippen molar-refractivity contribution in [2.45, 2.75) is 26.9 Å². The van der Waals surface area contributed by atoms with Crippen molar-refractivity contribution in [1.29, 1.82) is 0 Å². The Labute approximate surface area is 100 Å². The second-order valence-corrected chi connectivity index (χ2v) is 4.75. The van der Waals surface area contributed by atoms with Gasteiger partial charge in [0, 0.05) is 25.9 Å². The van der Waals surface area contributed by atoms with Crippen LogP contribution in [0.3, 0.4) is 0 Å². The molecule has 16 heavy (non-hydrogen) atoms. The fourth-order valence-corrected chi connectivity index (χ4v) is 1.98. The van der Waals surface area contributed by atoms with Crippen LogP contribution < -0.4 is 4.90 Å². The summed E-state index contributed by atoms with van der Waals surface area (Å²) in [5, 5.41) is 2.65. The van der Waals surface area contributed by atoms with E-state index in [0.717, 1.165) is 11.7 Å². The first-order valence-electron chi connectivity index (χ1n) is 5.30. The normalized spacial score (nSPS) is 10.8. The number of ether oxygens (including phenoxy) is 1. The minimum Gasteiger partial charge on any atom is -0.377 e. The van der Waals surface area contributed by atoms with Crippen molar-refractivity contribution in [3.8, 4) is 0 Å². The molecule has 0 aliphatic carbocycles. The Hall–Kier alpha value is -0.940. The number of carbonyl (C=O) groups is 1. The number of ketones is 1. The molecule has 0 radical (unpaired) electrons. The minimum atomic E-state index is 0.00864. The van der Waals surface area contributed by atoms with Crippen molar-refractivity contribution >= 4 is 22.3 Å². The molecule has 1 aromatic rings. The summed E-state index contributed by atoms with van der Waals surface area (Å²) in [6.45, 7) is 7.00. The third-order valence-corrected chi connectivity index (χ3v) is 3.01. The first-order chi connectivity index (χ1) is 7.50. The zero-order chi connectivity index (χ0) is 12.1. The van der Waals surface area contributed by atoms with Crippen molar-refractivity contribution in [3.05, 3.63) is 11.1 Å². The predicted octanol–water partition coefficient (Wildman–Crippen LogP) is 2.21. The average Bonchev–Trinajstić information content (AvgIpc) is 2.65. The van der Waals surface area contributed by atoms with E-state index in [2.05, 4.69) is 4.98 Å². The number of anilines is 1. The zero-order valence-electron chi connectivity index (χ0n) is 10.2. The third kappa shape index (κ3) is 3.90. The van der Waals surface area contributed by atoms with Crippen LogP contribution in [-0.2, 0) is 4.74 Å². The Kier molecular flexibility index (Phi) is 4.89. The first-order valence-corrected chi connectivity index (χ1v) is 6.18. The number of carbonyl (C=O) groups excluding carboxylic acids is 1. The van der Waals surface area contributed by atoms with E-state index < -0.39 is 0 Å². The number of hydrogen-bond donors (Lipinski definition) is 0. The molecule has 0 atom stereocenters. The van der Waals surface area contributed by atoms with Gasteiger partial charge in [0.1, 0.15) is 5.69 Å². The fraction of sp³-hybridized carbons (Fsp3) is 0.636. The van der Waals surface area contributed by atoms with Crippen LogP contribution in [0, 0.1) is 0 Å². The van der Waals surface area contributed by atoms with Crippen molar-refractivity contribution in [2.75, 3.05) is 25.1 Å². The van der Waals surface area contributed by atoms with E-state index in [1.807, 2.05) is 25.8 Å². The molecule has 0 amide bonds. The maximum absolute atomic E-state index is 11.1. The SMILES string of the molecule is CC(=O)c1csc(N(C)CCOC(C)C)n1. The Morgan fingerprint density at radius 2 is 2.31 bits per heavy atom. The van der Waals surface area contributed by atoms with E-state index in [0.29, 0.717) is 12.3 Å². The van der Waals surface area contributed by atoms with Gasteiger partial charge in [0.25, 0.3) is 0 Å². The fourth-order valence-electron chi connectivity index (χ4n) is 1.12. The number of nitrogens with zero attached hydrogens (tertiary/aromatic N) is 2. The summed E-state index contributed by atoms with van der Waals surface area (Å²) in [7, 11) is 1.95. The van der Waals surface area contributed by atoms with Crippen LogP contribution in [0.25, 0.3) is 0 Å². The van der Waals surface area contributed by atoms with Crippen LogP contribution in [0.1, 0.15) is 31.3 Å². The topological polar surface area (TPSA) is 42.4 Å². The van der Waals surface area contributed by atoms with E-state index in [4.69, 9.17) is 4.74 Å². The van der Waals surface area contributed by atoms with Gasteiger partial charge < -0.3 is 9.64 Å². The van der Waals surface area contributed by atoms with Crippen molar-refractivity contribution in [1.82, 2.24) is 4.98 Å². The number of aromatic nitrogens is 1. The Balaban J connectivity index is 2.46. The number of likely N-dealkylation sites (N-methyl/N-ethyl adjacent to an activating group) is 1. The van der Waals surface area contributed by atoms with Crippen LogP contribution >= 0.6 is 11.3 Å². The monoisotopic (exact) mass is 242 g/mol. The van der Waals surface area contributed by atoms with E-state index in [-0.39, 0.29) is 11.9 Å². The second kappa shape index (κ2) is 5.96. The van der Waals surface area contributed by atoms with Gasteiger partial charge in [-0.2, -0.15) is 0 Å². The van der Waals surface area contributed by atoms with Crippen molar-refractivity contribution < 1.29 is 9.53 Å².